The van der Waals surface area contributed by atoms with Crippen molar-refractivity contribution in [2.24, 2.45) is 0 Å². The molecule has 1 N–H and O–H groups in total. The molecule has 20 heavy (non-hydrogen) atoms. The number of nitrogens with zero attached hydrogens (tertiary/aromatic N) is 2. The molecule has 2 rings (SSSR count). The second-order valence-electron chi connectivity index (χ2n) is 4.84. The molecule has 4 nitrogen and oxygen atoms in total. The van der Waals surface area contributed by atoms with Gasteiger partial charge in [-0.2, -0.15) is 0 Å². The fourth-order valence-corrected chi connectivity index (χ4v) is 2.43. The Bertz CT molecular complexity index is 568. The fraction of sp³-hybridized carbons (Fsp3) is 0.467. The third kappa shape index (κ3) is 3.46. The molecule has 0 aliphatic heterocycles. The zero-order valence-electron chi connectivity index (χ0n) is 12.1. The van der Waals surface area contributed by atoms with Crippen molar-refractivity contribution in [1.29, 1.82) is 0 Å². The Labute approximate surface area is 128 Å². The van der Waals surface area contributed by atoms with Crippen LogP contribution in [0.5, 0.6) is 0 Å². The van der Waals surface area contributed by atoms with Crippen LogP contribution in [0.1, 0.15) is 44.2 Å². The summed E-state index contributed by atoms with van der Waals surface area (Å²) in [4.78, 5) is 0. The average Bonchev–Trinajstić information content (AvgIpc) is 2.92. The molecule has 1 aromatic carbocycles. The zero-order valence-corrected chi connectivity index (χ0v) is 13.7. The first-order valence-corrected chi connectivity index (χ1v) is 7.78. The normalized spacial score (nSPS) is 12.6. The average molecular weight is 338 g/mol. The monoisotopic (exact) mass is 337 g/mol. The Morgan fingerprint density at radius 3 is 2.80 bits per heavy atom. The number of halogens is 1. The highest BCUT2D eigenvalue weighted by atomic mass is 79.9. The quantitative estimate of drug-likeness (QED) is 0.855. The van der Waals surface area contributed by atoms with Crippen LogP contribution in [0.4, 0.5) is 0 Å². The molecular weight excluding hydrogens is 318 g/mol. The molecule has 0 bridgehead atoms. The first-order chi connectivity index (χ1) is 9.65. The minimum Gasteiger partial charge on any atom is -0.419 e. The molecule has 0 amide bonds. The Morgan fingerprint density at radius 1 is 1.30 bits per heavy atom. The SMILES string of the molecule is CCCNC(CC)c1nnc(-c2cc(C)ccc2Br)o1. The predicted octanol–water partition coefficient (Wildman–Crippen LogP) is 4.26. The molecule has 108 valence electrons. The van der Waals surface area contributed by atoms with Gasteiger partial charge in [-0.1, -0.05) is 25.5 Å². The molecule has 0 fully saturated rings. The van der Waals surface area contributed by atoms with Crippen LogP contribution >= 0.6 is 15.9 Å². The molecular formula is C15H20BrN3O. The van der Waals surface area contributed by atoms with Gasteiger partial charge in [0.2, 0.25) is 11.8 Å². The van der Waals surface area contributed by atoms with E-state index < -0.39 is 0 Å². The van der Waals surface area contributed by atoms with Crippen molar-refractivity contribution >= 4 is 15.9 Å². The first-order valence-electron chi connectivity index (χ1n) is 6.99. The summed E-state index contributed by atoms with van der Waals surface area (Å²) < 4.78 is 6.81. The van der Waals surface area contributed by atoms with Gasteiger partial charge in [0, 0.05) is 4.47 Å². The summed E-state index contributed by atoms with van der Waals surface area (Å²) in [5.41, 5.74) is 2.10. The lowest BCUT2D eigenvalue weighted by molar-refractivity contribution is 0.396. The molecule has 1 unspecified atom stereocenters. The standard InChI is InChI=1S/C15H20BrN3O/c1-4-8-17-13(5-2)15-19-18-14(20-15)11-9-10(3)6-7-12(11)16/h6-7,9,13,17H,4-5,8H2,1-3H3. The second kappa shape index (κ2) is 6.99. The number of aryl methyl sites for hydroxylation is 1. The van der Waals surface area contributed by atoms with Gasteiger partial charge >= 0.3 is 0 Å². The molecule has 0 aliphatic carbocycles. The van der Waals surface area contributed by atoms with E-state index in [0.717, 1.165) is 29.4 Å². The first kappa shape index (κ1) is 15.2. The Kier molecular flexibility index (Phi) is 5.31. The van der Waals surface area contributed by atoms with Crippen LogP contribution in [0.25, 0.3) is 11.5 Å². The van der Waals surface area contributed by atoms with E-state index in [-0.39, 0.29) is 6.04 Å². The minimum absolute atomic E-state index is 0.125. The molecule has 1 heterocycles. The third-order valence-electron chi connectivity index (χ3n) is 3.14. The van der Waals surface area contributed by atoms with Gasteiger partial charge in [0.1, 0.15) is 0 Å². The third-order valence-corrected chi connectivity index (χ3v) is 3.83. The summed E-state index contributed by atoms with van der Waals surface area (Å²) >= 11 is 3.53. The lowest BCUT2D eigenvalue weighted by Crippen LogP contribution is -2.21. The number of nitrogens with one attached hydrogen (secondary N) is 1. The molecule has 0 radical (unpaired) electrons. The topological polar surface area (TPSA) is 51.0 Å². The number of hydrogen-bond acceptors (Lipinski definition) is 4. The number of rotatable bonds is 6. The predicted molar refractivity (Wildman–Crippen MR) is 83.5 cm³/mol. The summed E-state index contributed by atoms with van der Waals surface area (Å²) in [5, 5.41) is 11.8. The molecule has 0 saturated carbocycles. The molecule has 5 heteroatoms. The number of hydrogen-bond donors (Lipinski definition) is 1. The van der Waals surface area contributed by atoms with Gasteiger partial charge < -0.3 is 9.73 Å². The van der Waals surface area contributed by atoms with Gasteiger partial charge in [-0.05, 0) is 54.4 Å². The highest BCUT2D eigenvalue weighted by Gasteiger charge is 2.18. The van der Waals surface area contributed by atoms with Crippen molar-refractivity contribution in [3.8, 4) is 11.5 Å². The maximum Gasteiger partial charge on any atom is 0.248 e. The van der Waals surface area contributed by atoms with Crippen LogP contribution in [-0.2, 0) is 0 Å². The molecule has 1 aromatic heterocycles. The Balaban J connectivity index is 2.25. The van der Waals surface area contributed by atoms with E-state index in [1.54, 1.807) is 0 Å². The van der Waals surface area contributed by atoms with Crippen LogP contribution < -0.4 is 5.32 Å². The maximum absolute atomic E-state index is 5.84. The maximum atomic E-state index is 5.84. The molecule has 0 aliphatic rings. The number of benzene rings is 1. The van der Waals surface area contributed by atoms with Crippen molar-refractivity contribution < 1.29 is 4.42 Å². The lowest BCUT2D eigenvalue weighted by atomic mass is 10.1. The molecule has 1 atom stereocenters. The van der Waals surface area contributed by atoms with E-state index in [4.69, 9.17) is 4.42 Å². The van der Waals surface area contributed by atoms with Gasteiger partial charge in [-0.3, -0.25) is 0 Å². The van der Waals surface area contributed by atoms with E-state index in [9.17, 15) is 0 Å². The Morgan fingerprint density at radius 2 is 2.10 bits per heavy atom. The van der Waals surface area contributed by atoms with Crippen LogP contribution in [0.15, 0.2) is 27.1 Å². The van der Waals surface area contributed by atoms with Crippen molar-refractivity contribution in [2.75, 3.05) is 6.54 Å². The summed E-state index contributed by atoms with van der Waals surface area (Å²) in [5.74, 6) is 1.22. The molecule has 2 aromatic rings. The van der Waals surface area contributed by atoms with Gasteiger partial charge in [0.25, 0.3) is 0 Å². The van der Waals surface area contributed by atoms with E-state index in [0.29, 0.717) is 11.8 Å². The van der Waals surface area contributed by atoms with Gasteiger partial charge in [-0.25, -0.2) is 0 Å². The van der Waals surface area contributed by atoms with E-state index in [1.807, 2.05) is 25.1 Å². The number of aromatic nitrogens is 2. The van der Waals surface area contributed by atoms with Crippen molar-refractivity contribution in [3.63, 3.8) is 0 Å². The van der Waals surface area contributed by atoms with Crippen molar-refractivity contribution in [2.45, 2.75) is 39.7 Å². The van der Waals surface area contributed by atoms with Gasteiger partial charge in [0.05, 0.1) is 11.6 Å². The van der Waals surface area contributed by atoms with Gasteiger partial charge in [-0.15, -0.1) is 10.2 Å². The van der Waals surface area contributed by atoms with E-state index in [1.165, 1.54) is 5.56 Å². The summed E-state index contributed by atoms with van der Waals surface area (Å²) in [6.07, 6.45) is 2.01. The molecule has 0 saturated heterocycles. The highest BCUT2D eigenvalue weighted by molar-refractivity contribution is 9.10. The summed E-state index contributed by atoms with van der Waals surface area (Å²) in [7, 11) is 0. The highest BCUT2D eigenvalue weighted by Crippen LogP contribution is 2.29. The molecule has 0 spiro atoms. The van der Waals surface area contributed by atoms with Crippen LogP contribution in [-0.4, -0.2) is 16.7 Å². The van der Waals surface area contributed by atoms with Crippen LogP contribution in [0.2, 0.25) is 0 Å². The smallest absolute Gasteiger partial charge is 0.248 e. The zero-order chi connectivity index (χ0) is 14.5. The van der Waals surface area contributed by atoms with E-state index in [2.05, 4.69) is 45.3 Å². The largest absolute Gasteiger partial charge is 0.419 e. The second-order valence-corrected chi connectivity index (χ2v) is 5.70. The van der Waals surface area contributed by atoms with Gasteiger partial charge in [0.15, 0.2) is 0 Å². The summed E-state index contributed by atoms with van der Waals surface area (Å²) in [6.45, 7) is 7.25. The van der Waals surface area contributed by atoms with Crippen LogP contribution in [0, 0.1) is 6.92 Å². The lowest BCUT2D eigenvalue weighted by Gasteiger charge is -2.11. The fourth-order valence-electron chi connectivity index (χ4n) is 2.01. The summed E-state index contributed by atoms with van der Waals surface area (Å²) in [6, 6.07) is 6.21. The van der Waals surface area contributed by atoms with E-state index >= 15 is 0 Å². The minimum atomic E-state index is 0.125. The van der Waals surface area contributed by atoms with Crippen molar-refractivity contribution in [1.82, 2.24) is 15.5 Å². The van der Waals surface area contributed by atoms with Crippen LogP contribution in [0.3, 0.4) is 0 Å². The van der Waals surface area contributed by atoms with Crippen molar-refractivity contribution in [3.05, 3.63) is 34.1 Å². The Hall–Kier alpha value is -1.20.